The molecule has 3 rings (SSSR count). The number of para-hydroxylation sites is 1. The van der Waals surface area contributed by atoms with Crippen molar-refractivity contribution >= 4 is 17.3 Å². The first-order valence-electron chi connectivity index (χ1n) is 9.38. The van der Waals surface area contributed by atoms with Gasteiger partial charge in [-0.05, 0) is 51.7 Å². The number of anilines is 1. The van der Waals surface area contributed by atoms with Crippen LogP contribution in [0, 0.1) is 12.3 Å². The van der Waals surface area contributed by atoms with Crippen LogP contribution in [0.5, 0.6) is 0 Å². The van der Waals surface area contributed by atoms with Gasteiger partial charge in [-0.2, -0.15) is 5.10 Å². The molecule has 0 fully saturated rings. The summed E-state index contributed by atoms with van der Waals surface area (Å²) in [6.07, 6.45) is 1.61. The number of rotatable bonds is 3. The van der Waals surface area contributed by atoms with Crippen molar-refractivity contribution in [1.29, 1.82) is 0 Å². The predicted molar refractivity (Wildman–Crippen MR) is 109 cm³/mol. The van der Waals surface area contributed by atoms with Gasteiger partial charge in [-0.1, -0.05) is 32.0 Å². The maximum Gasteiger partial charge on any atom is 0.287 e. The average Bonchev–Trinajstić information content (AvgIpc) is 2.87. The third kappa shape index (κ3) is 4.41. The fourth-order valence-electron chi connectivity index (χ4n) is 3.47. The zero-order chi connectivity index (χ0) is 19.8. The minimum Gasteiger partial charge on any atom is -0.455 e. The van der Waals surface area contributed by atoms with Gasteiger partial charge in [0.05, 0.1) is 11.4 Å². The van der Waals surface area contributed by atoms with Crippen LogP contribution in [0.15, 0.2) is 39.9 Å². The third-order valence-corrected chi connectivity index (χ3v) is 4.58. The molecule has 0 aliphatic heterocycles. The molecule has 1 amide bonds. The van der Waals surface area contributed by atoms with Gasteiger partial charge in [0.25, 0.3) is 5.91 Å². The molecule has 0 saturated carbocycles. The summed E-state index contributed by atoms with van der Waals surface area (Å²) in [6, 6.07) is 9.86. The second-order valence-corrected chi connectivity index (χ2v) is 9.11. The highest BCUT2D eigenvalue weighted by Crippen LogP contribution is 2.39. The van der Waals surface area contributed by atoms with E-state index in [1.54, 1.807) is 0 Å². The average molecular weight is 367 g/mol. The Morgan fingerprint density at radius 3 is 2.44 bits per heavy atom. The lowest BCUT2D eigenvalue weighted by Crippen LogP contribution is -2.40. The number of hydrogen-bond acceptors (Lipinski definition) is 4. The lowest BCUT2D eigenvalue weighted by molar-refractivity contribution is 0.0887. The molecule has 5 nitrogen and oxygen atoms in total. The summed E-state index contributed by atoms with van der Waals surface area (Å²) in [5.74, 6) is 1.05. The lowest BCUT2D eigenvalue weighted by atomic mass is 9.75. The van der Waals surface area contributed by atoms with Crippen LogP contribution in [0.2, 0.25) is 0 Å². The fraction of sp³-hybridized carbons (Fsp3) is 0.455. The van der Waals surface area contributed by atoms with Crippen molar-refractivity contribution in [3.63, 3.8) is 0 Å². The molecule has 1 aromatic heterocycles. The Kier molecular flexibility index (Phi) is 4.89. The number of benzene rings is 1. The van der Waals surface area contributed by atoms with Crippen LogP contribution in [0.4, 0.5) is 5.69 Å². The van der Waals surface area contributed by atoms with Crippen molar-refractivity contribution in [2.75, 3.05) is 5.43 Å². The molecule has 2 aromatic rings. The van der Waals surface area contributed by atoms with Crippen molar-refractivity contribution in [2.45, 2.75) is 59.9 Å². The van der Waals surface area contributed by atoms with Gasteiger partial charge < -0.3 is 9.73 Å². The number of hydrogen-bond donors (Lipinski definition) is 2. The van der Waals surface area contributed by atoms with Crippen LogP contribution >= 0.6 is 0 Å². The quantitative estimate of drug-likeness (QED) is 0.758. The second-order valence-electron chi connectivity index (χ2n) is 9.11. The Balaban J connectivity index is 1.98. The zero-order valence-corrected chi connectivity index (χ0v) is 17.1. The smallest absolute Gasteiger partial charge is 0.287 e. The summed E-state index contributed by atoms with van der Waals surface area (Å²) < 4.78 is 6.04. The maximum atomic E-state index is 12.7. The summed E-state index contributed by atoms with van der Waals surface area (Å²) >= 11 is 0. The molecular formula is C22H29N3O2. The first kappa shape index (κ1) is 19.2. The molecule has 0 radical (unpaired) electrons. The van der Waals surface area contributed by atoms with E-state index in [0.717, 1.165) is 41.1 Å². The van der Waals surface area contributed by atoms with E-state index < -0.39 is 0 Å². The highest BCUT2D eigenvalue weighted by atomic mass is 16.4. The highest BCUT2D eigenvalue weighted by molar-refractivity contribution is 6.07. The van der Waals surface area contributed by atoms with Crippen molar-refractivity contribution in [2.24, 2.45) is 10.5 Å². The van der Waals surface area contributed by atoms with Crippen molar-refractivity contribution in [1.82, 2.24) is 5.32 Å². The molecule has 1 heterocycles. The highest BCUT2D eigenvalue weighted by Gasteiger charge is 2.36. The number of furan rings is 1. The Bertz CT molecular complexity index is 871. The van der Waals surface area contributed by atoms with E-state index in [0.29, 0.717) is 5.76 Å². The minimum atomic E-state index is -0.318. The number of carbonyl (C=O) groups excluding carboxylic acids is 1. The largest absolute Gasteiger partial charge is 0.455 e. The van der Waals surface area contributed by atoms with E-state index in [9.17, 15) is 4.79 Å². The van der Waals surface area contributed by atoms with E-state index in [2.05, 4.69) is 29.7 Å². The Morgan fingerprint density at radius 2 is 1.81 bits per heavy atom. The topological polar surface area (TPSA) is 66.6 Å². The van der Waals surface area contributed by atoms with E-state index in [1.807, 2.05) is 58.0 Å². The number of nitrogens with one attached hydrogen (secondary N) is 2. The van der Waals surface area contributed by atoms with Crippen LogP contribution < -0.4 is 10.7 Å². The van der Waals surface area contributed by atoms with Gasteiger partial charge in [0.1, 0.15) is 5.76 Å². The SMILES string of the molecule is Cc1c(C(=O)NC(C)(C)C)oc2c1/C(=N\Nc1ccccc1)CC(C)(C)C2. The normalized spacial score (nSPS) is 17.5. The Labute approximate surface area is 161 Å². The van der Waals surface area contributed by atoms with Crippen molar-refractivity contribution in [3.8, 4) is 0 Å². The van der Waals surface area contributed by atoms with Crippen LogP contribution in [-0.4, -0.2) is 17.2 Å². The summed E-state index contributed by atoms with van der Waals surface area (Å²) in [6.45, 7) is 12.2. The minimum absolute atomic E-state index is 0.0201. The molecule has 27 heavy (non-hydrogen) atoms. The molecule has 0 spiro atoms. The number of nitrogens with zero attached hydrogens (tertiary/aromatic N) is 1. The predicted octanol–water partition coefficient (Wildman–Crippen LogP) is 4.90. The summed E-state index contributed by atoms with van der Waals surface area (Å²) in [5.41, 5.74) is 6.54. The Hall–Kier alpha value is -2.56. The Morgan fingerprint density at radius 1 is 1.15 bits per heavy atom. The van der Waals surface area contributed by atoms with E-state index in [1.165, 1.54) is 0 Å². The molecule has 1 aromatic carbocycles. The molecule has 1 aliphatic carbocycles. The number of carbonyl (C=O) groups is 1. The zero-order valence-electron chi connectivity index (χ0n) is 17.1. The van der Waals surface area contributed by atoms with Gasteiger partial charge in [-0.3, -0.25) is 10.2 Å². The molecule has 0 bridgehead atoms. The summed E-state index contributed by atoms with van der Waals surface area (Å²) in [5, 5.41) is 7.66. The van der Waals surface area contributed by atoms with Crippen LogP contribution in [0.1, 0.15) is 68.5 Å². The van der Waals surface area contributed by atoms with Gasteiger partial charge in [0.2, 0.25) is 0 Å². The molecular weight excluding hydrogens is 338 g/mol. The third-order valence-electron chi connectivity index (χ3n) is 4.58. The van der Waals surface area contributed by atoms with E-state index in [4.69, 9.17) is 4.42 Å². The molecule has 144 valence electrons. The van der Waals surface area contributed by atoms with Gasteiger partial charge in [-0.15, -0.1) is 0 Å². The monoisotopic (exact) mass is 367 g/mol. The van der Waals surface area contributed by atoms with Gasteiger partial charge in [0.15, 0.2) is 5.76 Å². The molecule has 0 saturated heterocycles. The van der Waals surface area contributed by atoms with Crippen molar-refractivity contribution < 1.29 is 9.21 Å². The first-order chi connectivity index (χ1) is 12.6. The van der Waals surface area contributed by atoms with Crippen LogP contribution in [0.3, 0.4) is 0 Å². The molecule has 5 heteroatoms. The lowest BCUT2D eigenvalue weighted by Gasteiger charge is -2.29. The number of fused-ring (bicyclic) bond motifs is 1. The van der Waals surface area contributed by atoms with Crippen LogP contribution in [0.25, 0.3) is 0 Å². The maximum absolute atomic E-state index is 12.7. The summed E-state index contributed by atoms with van der Waals surface area (Å²) in [7, 11) is 0. The molecule has 0 atom stereocenters. The standard InChI is InChI=1S/C22H29N3O2/c1-14-18-16(25-24-15-10-8-7-9-11-15)12-22(5,6)13-17(18)27-19(14)20(26)23-21(2,3)4/h7-11,24H,12-13H2,1-6H3,(H,23,26)/b25-16-. The second kappa shape index (κ2) is 6.87. The van der Waals surface area contributed by atoms with Crippen LogP contribution in [-0.2, 0) is 6.42 Å². The van der Waals surface area contributed by atoms with Gasteiger partial charge >= 0.3 is 0 Å². The number of hydrazone groups is 1. The molecule has 1 aliphatic rings. The van der Waals surface area contributed by atoms with Crippen molar-refractivity contribution in [3.05, 3.63) is 53.0 Å². The first-order valence-corrected chi connectivity index (χ1v) is 9.38. The number of amides is 1. The van der Waals surface area contributed by atoms with E-state index in [-0.39, 0.29) is 16.9 Å². The summed E-state index contributed by atoms with van der Waals surface area (Å²) in [4.78, 5) is 12.7. The molecule has 2 N–H and O–H groups in total. The fourth-order valence-corrected chi connectivity index (χ4v) is 3.47. The van der Waals surface area contributed by atoms with Gasteiger partial charge in [0, 0.05) is 23.1 Å². The van der Waals surface area contributed by atoms with Gasteiger partial charge in [-0.25, -0.2) is 0 Å². The van der Waals surface area contributed by atoms with E-state index >= 15 is 0 Å². The molecule has 0 unspecified atom stereocenters.